The molecule has 0 unspecified atom stereocenters. The number of benzene rings is 18. The summed E-state index contributed by atoms with van der Waals surface area (Å²) in [6.07, 6.45) is 0. The highest BCUT2D eigenvalue weighted by molar-refractivity contribution is 6.12. The topological polar surface area (TPSA) is 21.3 Å². The Hall–Kier alpha value is -16.1. The smallest absolute Gasteiger partial charge is 0.0619 e. The fourth-order valence-electron chi connectivity index (χ4n) is 20.2. The first-order valence-electron chi connectivity index (χ1n) is 48.1. The Labute approximate surface area is 807 Å². The summed E-state index contributed by atoms with van der Waals surface area (Å²) >= 11 is 0. The minimum atomic E-state index is -0.195. The summed E-state index contributed by atoms with van der Waals surface area (Å²) in [7, 11) is 0. The molecule has 0 saturated heterocycles. The molecule has 21 aromatic rings. The standard InChI is InChI=1S/C132H113N5/c1-129(2,3)102-78-100(79-103(85-102)130(4,5)6)113-70-40-43-73-117(113)133(107-66-46-68-109(87-107)136-125(94-56-30-17-31-57-94)121(90-48-22-13-23-49-90)122(91-50-24-14-25-51-91)126(136)95-58-32-18-33-59-95)111-82-99(98-76-77-120-116(84-98)115-72-42-45-75-119(115)135(120)106-64-38-21-39-65-106)83-112(89-111)134(118-74-44-41-71-114(118)101-80-104(131(7,8)9)86-105(81-101)132(10,11)12)108-67-47-69-110(88-108)137-127(96-60-34-19-35-61-96)123(92-52-26-15-27-53-92)124(93-54-28-16-29-55-93)128(137)97-62-36-20-37-63-97/h13-89H,1-12H3. The van der Waals surface area contributed by atoms with E-state index in [4.69, 9.17) is 0 Å². The summed E-state index contributed by atoms with van der Waals surface area (Å²) in [5.41, 5.74) is 39.8. The van der Waals surface area contributed by atoms with E-state index in [1.165, 1.54) is 27.6 Å². The Morgan fingerprint density at radius 1 is 0.168 bits per heavy atom. The lowest BCUT2D eigenvalue weighted by atomic mass is 9.78. The fraction of sp³-hybridized carbons (Fsp3) is 0.121. The quantitative estimate of drug-likeness (QED) is 0.0758. The molecule has 3 aromatic heterocycles. The molecule has 5 heteroatoms. The fourth-order valence-corrected chi connectivity index (χ4v) is 20.2. The normalized spacial score (nSPS) is 11.9. The van der Waals surface area contributed by atoms with Gasteiger partial charge in [0.1, 0.15) is 0 Å². The van der Waals surface area contributed by atoms with E-state index in [0.717, 1.165) is 191 Å². The number of hydrogen-bond acceptors (Lipinski definition) is 2. The van der Waals surface area contributed by atoms with Crippen molar-refractivity contribution in [3.8, 4) is 140 Å². The van der Waals surface area contributed by atoms with Crippen molar-refractivity contribution in [3.63, 3.8) is 0 Å². The highest BCUT2D eigenvalue weighted by Crippen LogP contribution is 2.56. The molecule has 5 nitrogen and oxygen atoms in total. The van der Waals surface area contributed by atoms with Crippen molar-refractivity contribution in [2.75, 3.05) is 9.80 Å². The molecule has 0 aliphatic rings. The number of aromatic nitrogens is 3. The second-order valence-corrected chi connectivity index (χ2v) is 40.5. The highest BCUT2D eigenvalue weighted by Gasteiger charge is 2.35. The average molecular weight is 1770 g/mol. The molecule has 137 heavy (non-hydrogen) atoms. The minimum absolute atomic E-state index is 0.195. The zero-order chi connectivity index (χ0) is 93.9. The van der Waals surface area contributed by atoms with Gasteiger partial charge in [0.2, 0.25) is 0 Å². The highest BCUT2D eigenvalue weighted by atomic mass is 15.2. The van der Waals surface area contributed by atoms with Crippen LogP contribution in [0.2, 0.25) is 0 Å². The number of para-hydroxylation sites is 4. The Morgan fingerprint density at radius 3 is 0.788 bits per heavy atom. The van der Waals surface area contributed by atoms with Crippen LogP contribution in [0.4, 0.5) is 34.1 Å². The zero-order valence-electron chi connectivity index (χ0n) is 80.2. The van der Waals surface area contributed by atoms with Crippen LogP contribution >= 0.6 is 0 Å². The first-order valence-corrected chi connectivity index (χ1v) is 48.1. The van der Waals surface area contributed by atoms with Crippen molar-refractivity contribution in [1.29, 1.82) is 0 Å². The lowest BCUT2D eigenvalue weighted by Gasteiger charge is -2.33. The molecule has 18 aromatic carbocycles. The SMILES string of the molecule is CC(C)(C)c1cc(-c2ccccc2N(c2cc(-c3ccc4c(c3)c3ccccc3n4-c3ccccc3)cc(N(c3cccc(-n4c(-c5ccccc5)c(-c5ccccc5)c(-c5ccccc5)c4-c4ccccc4)c3)c3ccccc3-c3cc(C(C)(C)C)cc(C(C)(C)C)c3)c2)c2cccc(-n3c(-c4ccccc4)c(-c4ccccc4)c(-c4ccccc4)c3-c3ccccc3)c2)cc(C(C)(C)C)c1. The molecule has 0 radical (unpaired) electrons. The largest absolute Gasteiger partial charge is 0.310 e. The Morgan fingerprint density at radius 2 is 0.453 bits per heavy atom. The van der Waals surface area contributed by atoms with E-state index in [2.05, 4.69) is 574 Å². The van der Waals surface area contributed by atoms with Gasteiger partial charge in [-0.25, -0.2) is 0 Å². The third kappa shape index (κ3) is 16.9. The third-order valence-corrected chi connectivity index (χ3v) is 27.2. The van der Waals surface area contributed by atoms with E-state index < -0.39 is 0 Å². The van der Waals surface area contributed by atoms with Crippen molar-refractivity contribution < 1.29 is 0 Å². The maximum Gasteiger partial charge on any atom is 0.0619 e. The van der Waals surface area contributed by atoms with Gasteiger partial charge in [-0.2, -0.15) is 0 Å². The summed E-state index contributed by atoms with van der Waals surface area (Å²) in [4.78, 5) is 5.18. The van der Waals surface area contributed by atoms with Crippen LogP contribution in [-0.2, 0) is 21.7 Å². The van der Waals surface area contributed by atoms with Gasteiger partial charge in [0.05, 0.1) is 45.2 Å². The Kier molecular flexibility index (Phi) is 23.0. The van der Waals surface area contributed by atoms with Crippen LogP contribution in [0.1, 0.15) is 105 Å². The molecule has 0 spiro atoms. The van der Waals surface area contributed by atoms with Gasteiger partial charge in [-0.1, -0.05) is 453 Å². The van der Waals surface area contributed by atoms with E-state index in [-0.39, 0.29) is 21.7 Å². The van der Waals surface area contributed by atoms with Gasteiger partial charge in [0, 0.05) is 84.0 Å². The van der Waals surface area contributed by atoms with Gasteiger partial charge < -0.3 is 23.5 Å². The van der Waals surface area contributed by atoms with Crippen molar-refractivity contribution in [3.05, 3.63) is 489 Å². The van der Waals surface area contributed by atoms with Crippen LogP contribution in [0.25, 0.3) is 162 Å². The van der Waals surface area contributed by atoms with Gasteiger partial charge in [-0.3, -0.25) is 0 Å². The molecule has 0 bridgehead atoms. The molecular weight excluding hydrogens is 1660 g/mol. The van der Waals surface area contributed by atoms with E-state index in [1.807, 2.05) is 0 Å². The molecule has 0 atom stereocenters. The predicted octanol–water partition coefficient (Wildman–Crippen LogP) is 36.8. The lowest BCUT2D eigenvalue weighted by Crippen LogP contribution is -2.17. The second kappa shape index (κ2) is 36.0. The minimum Gasteiger partial charge on any atom is -0.310 e. The molecule has 0 aliphatic carbocycles. The number of anilines is 6. The predicted molar refractivity (Wildman–Crippen MR) is 583 cm³/mol. The van der Waals surface area contributed by atoms with Crippen molar-refractivity contribution in [2.24, 2.45) is 0 Å². The number of nitrogens with zero attached hydrogens (tertiary/aromatic N) is 5. The number of fused-ring (bicyclic) bond motifs is 3. The molecule has 21 rings (SSSR count). The second-order valence-electron chi connectivity index (χ2n) is 40.5. The molecule has 0 fully saturated rings. The maximum absolute atomic E-state index is 2.59. The molecule has 0 N–H and O–H groups in total. The number of rotatable bonds is 20. The van der Waals surface area contributed by atoms with Gasteiger partial charge in [0.15, 0.2) is 0 Å². The van der Waals surface area contributed by atoms with E-state index in [0.29, 0.717) is 0 Å². The Bertz CT molecular complexity index is 7320. The van der Waals surface area contributed by atoms with Gasteiger partial charge in [-0.05, 0) is 208 Å². The first kappa shape index (κ1) is 87.6. The summed E-state index contributed by atoms with van der Waals surface area (Å²) in [5, 5.41) is 2.32. The van der Waals surface area contributed by atoms with Crippen LogP contribution in [0.5, 0.6) is 0 Å². The maximum atomic E-state index is 2.59. The summed E-state index contributed by atoms with van der Waals surface area (Å²) < 4.78 is 7.57. The summed E-state index contributed by atoms with van der Waals surface area (Å²) in [5.74, 6) is 0. The van der Waals surface area contributed by atoms with E-state index in [9.17, 15) is 0 Å². The van der Waals surface area contributed by atoms with Crippen molar-refractivity contribution in [1.82, 2.24) is 13.7 Å². The molecule has 0 amide bonds. The molecule has 666 valence electrons. The molecule has 0 aliphatic heterocycles. The summed E-state index contributed by atoms with van der Waals surface area (Å²) in [6, 6.07) is 175. The van der Waals surface area contributed by atoms with Crippen LogP contribution in [0.15, 0.2) is 467 Å². The molecular formula is C132H113N5. The Balaban J connectivity index is 0.917. The first-order chi connectivity index (χ1) is 66.5. The zero-order valence-corrected chi connectivity index (χ0v) is 80.2. The summed E-state index contributed by atoms with van der Waals surface area (Å²) in [6.45, 7) is 28.2. The van der Waals surface area contributed by atoms with Crippen molar-refractivity contribution in [2.45, 2.75) is 105 Å². The van der Waals surface area contributed by atoms with Gasteiger partial charge >= 0.3 is 0 Å². The molecule has 0 saturated carbocycles. The van der Waals surface area contributed by atoms with E-state index >= 15 is 0 Å². The van der Waals surface area contributed by atoms with Crippen LogP contribution in [-0.4, -0.2) is 13.7 Å². The monoisotopic (exact) mass is 1770 g/mol. The lowest BCUT2D eigenvalue weighted by molar-refractivity contribution is 0.568. The van der Waals surface area contributed by atoms with Gasteiger partial charge in [0.25, 0.3) is 0 Å². The average Bonchev–Trinajstić information content (AvgIpc) is 1.57. The van der Waals surface area contributed by atoms with E-state index in [1.54, 1.807) is 0 Å². The van der Waals surface area contributed by atoms with Crippen LogP contribution in [0.3, 0.4) is 0 Å². The van der Waals surface area contributed by atoms with Crippen LogP contribution in [0, 0.1) is 0 Å². The van der Waals surface area contributed by atoms with Crippen LogP contribution < -0.4 is 9.80 Å². The third-order valence-electron chi connectivity index (χ3n) is 27.2. The number of hydrogen-bond donors (Lipinski definition) is 0. The van der Waals surface area contributed by atoms with Crippen molar-refractivity contribution >= 4 is 55.9 Å². The molecule has 3 heterocycles. The van der Waals surface area contributed by atoms with Gasteiger partial charge in [-0.15, -0.1) is 0 Å².